The molecule has 11 heteroatoms. The van der Waals surface area contributed by atoms with Crippen LogP contribution in [0, 0.1) is 10.1 Å². The van der Waals surface area contributed by atoms with Crippen LogP contribution in [0.25, 0.3) is 0 Å². The van der Waals surface area contributed by atoms with Gasteiger partial charge in [-0.3, -0.25) is 10.1 Å². The van der Waals surface area contributed by atoms with Crippen LogP contribution >= 0.6 is 0 Å². The number of anilines is 1. The zero-order valence-corrected chi connectivity index (χ0v) is 25.3. The van der Waals surface area contributed by atoms with Gasteiger partial charge in [-0.25, -0.2) is 0 Å². The van der Waals surface area contributed by atoms with Gasteiger partial charge in [-0.1, -0.05) is 51.9 Å². The van der Waals surface area contributed by atoms with Gasteiger partial charge in [0.25, 0.3) is 5.69 Å². The molecule has 0 aliphatic heterocycles. The Balaban J connectivity index is 1.65. The Hall–Kier alpha value is -4.38. The van der Waals surface area contributed by atoms with Crippen LogP contribution in [0.5, 0.6) is 11.5 Å². The number of nitro groups is 1. The lowest BCUT2D eigenvalue weighted by molar-refractivity contribution is -0.384. The fraction of sp³-hybridized carbons (Fsp3) is 0.438. The molecule has 0 saturated carbocycles. The number of rotatable bonds is 19. The van der Waals surface area contributed by atoms with Crippen LogP contribution in [-0.2, 0) is 0 Å². The van der Waals surface area contributed by atoms with Crippen LogP contribution in [0.4, 0.5) is 34.1 Å². The summed E-state index contributed by atoms with van der Waals surface area (Å²) in [6.07, 6.45) is 10.1. The van der Waals surface area contributed by atoms with Crippen LogP contribution in [0.1, 0.15) is 58.3 Å². The highest BCUT2D eigenvalue weighted by Crippen LogP contribution is 2.41. The van der Waals surface area contributed by atoms with E-state index >= 15 is 0 Å². The number of aliphatic hydroxyl groups is 1. The van der Waals surface area contributed by atoms with E-state index in [1.807, 2.05) is 24.3 Å². The maximum atomic E-state index is 10.9. The van der Waals surface area contributed by atoms with Crippen LogP contribution in [0.2, 0.25) is 0 Å². The quantitative estimate of drug-likeness (QED) is 0.0639. The van der Waals surface area contributed by atoms with E-state index in [0.717, 1.165) is 18.7 Å². The molecule has 0 spiro atoms. The minimum Gasteiger partial charge on any atom is -0.494 e. The van der Waals surface area contributed by atoms with Gasteiger partial charge in [-0.2, -0.15) is 10.2 Å². The summed E-state index contributed by atoms with van der Waals surface area (Å²) in [4.78, 5) is 12.6. The molecule has 0 amide bonds. The second-order valence-electron chi connectivity index (χ2n) is 10.1. The molecule has 0 saturated heterocycles. The first kappa shape index (κ1) is 33.1. The third kappa shape index (κ3) is 10.8. The maximum Gasteiger partial charge on any atom is 0.269 e. The van der Waals surface area contributed by atoms with Crippen molar-refractivity contribution in [3.05, 3.63) is 70.8 Å². The fourth-order valence-electron chi connectivity index (χ4n) is 4.54. The predicted octanol–water partition coefficient (Wildman–Crippen LogP) is 9.38. The molecule has 0 aromatic heterocycles. The van der Waals surface area contributed by atoms with Crippen molar-refractivity contribution in [2.24, 2.45) is 20.5 Å². The molecular weight excluding hydrogens is 548 g/mol. The van der Waals surface area contributed by atoms with Gasteiger partial charge in [0.15, 0.2) is 0 Å². The first-order chi connectivity index (χ1) is 21.0. The van der Waals surface area contributed by atoms with E-state index in [1.54, 1.807) is 12.1 Å². The van der Waals surface area contributed by atoms with Crippen molar-refractivity contribution in [2.45, 2.75) is 58.3 Å². The van der Waals surface area contributed by atoms with E-state index in [1.165, 1.54) is 83.4 Å². The molecule has 0 atom stereocenters. The molecule has 1 N–H and O–H groups in total. The van der Waals surface area contributed by atoms with Crippen LogP contribution in [-0.4, -0.2) is 43.9 Å². The number of methoxy groups -OCH3 is 2. The van der Waals surface area contributed by atoms with Gasteiger partial charge >= 0.3 is 0 Å². The normalized spacial score (nSPS) is 11.3. The Bertz CT molecular complexity index is 1330. The first-order valence-electron chi connectivity index (χ1n) is 14.8. The fourth-order valence-corrected chi connectivity index (χ4v) is 4.54. The number of ether oxygens (including phenoxy) is 2. The molecule has 3 aromatic rings. The van der Waals surface area contributed by atoms with Gasteiger partial charge in [0.2, 0.25) is 0 Å². The molecule has 0 aliphatic carbocycles. The summed E-state index contributed by atoms with van der Waals surface area (Å²) in [5, 5.41) is 37.6. The van der Waals surface area contributed by atoms with Crippen molar-refractivity contribution in [2.75, 3.05) is 38.8 Å². The number of azo groups is 2. The van der Waals surface area contributed by atoms with Gasteiger partial charge in [-0.05, 0) is 42.8 Å². The summed E-state index contributed by atoms with van der Waals surface area (Å²) in [5.41, 5.74) is 2.99. The summed E-state index contributed by atoms with van der Waals surface area (Å²) in [6, 6.07) is 16.8. The molecule has 3 aromatic carbocycles. The lowest BCUT2D eigenvalue weighted by Crippen LogP contribution is -2.27. The minimum atomic E-state index is -0.471. The minimum absolute atomic E-state index is 0.0242. The number of nitrogens with zero attached hydrogens (tertiary/aromatic N) is 6. The Labute approximate surface area is 253 Å². The van der Waals surface area contributed by atoms with Gasteiger partial charge in [0.05, 0.1) is 37.1 Å². The molecule has 0 aliphatic rings. The number of non-ortho nitro benzene ring substituents is 1. The Kier molecular flexibility index (Phi) is 14.0. The van der Waals surface area contributed by atoms with Crippen LogP contribution in [0.15, 0.2) is 81.1 Å². The molecule has 0 unspecified atom stereocenters. The number of hydrogen-bond donors (Lipinski definition) is 1. The molecule has 11 nitrogen and oxygen atoms in total. The van der Waals surface area contributed by atoms with Crippen LogP contribution in [0.3, 0.4) is 0 Å². The van der Waals surface area contributed by atoms with E-state index < -0.39 is 4.92 Å². The number of benzene rings is 3. The van der Waals surface area contributed by atoms with E-state index in [-0.39, 0.29) is 12.3 Å². The molecule has 0 radical (unpaired) electrons. The number of aliphatic hydroxyl groups excluding tert-OH is 1. The van der Waals surface area contributed by atoms with Crippen molar-refractivity contribution < 1.29 is 19.5 Å². The number of unbranched alkanes of at least 4 members (excludes halogenated alkanes) is 7. The smallest absolute Gasteiger partial charge is 0.269 e. The zero-order chi connectivity index (χ0) is 30.9. The van der Waals surface area contributed by atoms with Crippen molar-refractivity contribution in [3.8, 4) is 11.5 Å². The highest BCUT2D eigenvalue weighted by atomic mass is 16.6. The first-order valence-corrected chi connectivity index (χ1v) is 14.8. The Morgan fingerprint density at radius 3 is 1.67 bits per heavy atom. The second kappa shape index (κ2) is 18.2. The Morgan fingerprint density at radius 1 is 0.721 bits per heavy atom. The summed E-state index contributed by atoms with van der Waals surface area (Å²) < 4.78 is 11.0. The summed E-state index contributed by atoms with van der Waals surface area (Å²) in [6.45, 7) is 3.83. The molecule has 0 fully saturated rings. The highest BCUT2D eigenvalue weighted by Gasteiger charge is 2.12. The highest BCUT2D eigenvalue weighted by molar-refractivity contribution is 5.66. The van der Waals surface area contributed by atoms with E-state index in [2.05, 4.69) is 32.3 Å². The van der Waals surface area contributed by atoms with E-state index in [9.17, 15) is 15.2 Å². The number of nitro benzene ring substituents is 1. The standard InChI is InChI=1S/C32H42N6O5/c1-4-5-6-7-8-9-10-11-20-37(21-22-39)27-16-12-25(13-17-27)33-35-29-23-32(43-3)30(24-31(29)42-2)36-34-26-14-18-28(19-15-26)38(40)41/h12-19,23-24,39H,4-11,20-22H2,1-3H3. The van der Waals surface area contributed by atoms with Gasteiger partial charge < -0.3 is 19.5 Å². The average molecular weight is 591 g/mol. The lowest BCUT2D eigenvalue weighted by Gasteiger charge is -2.24. The second-order valence-corrected chi connectivity index (χ2v) is 10.1. The molecule has 43 heavy (non-hydrogen) atoms. The molecule has 0 bridgehead atoms. The summed E-state index contributed by atoms with van der Waals surface area (Å²) in [7, 11) is 3.03. The van der Waals surface area contributed by atoms with Crippen LogP contribution < -0.4 is 14.4 Å². The van der Waals surface area contributed by atoms with Crippen molar-refractivity contribution in [1.82, 2.24) is 0 Å². The van der Waals surface area contributed by atoms with Gasteiger partial charge in [0.1, 0.15) is 22.9 Å². The molecule has 0 heterocycles. The Morgan fingerprint density at radius 2 is 1.21 bits per heavy atom. The molecular formula is C32H42N6O5. The van der Waals surface area contributed by atoms with Gasteiger partial charge in [0, 0.05) is 43.0 Å². The van der Waals surface area contributed by atoms with Gasteiger partial charge in [-0.15, -0.1) is 10.2 Å². The summed E-state index contributed by atoms with van der Waals surface area (Å²) in [5.74, 6) is 0.842. The predicted molar refractivity (Wildman–Crippen MR) is 169 cm³/mol. The third-order valence-corrected chi connectivity index (χ3v) is 6.95. The van der Waals surface area contributed by atoms with E-state index in [4.69, 9.17) is 9.47 Å². The van der Waals surface area contributed by atoms with Crippen molar-refractivity contribution >= 4 is 34.1 Å². The zero-order valence-electron chi connectivity index (χ0n) is 25.3. The SMILES string of the molecule is CCCCCCCCCCN(CCO)c1ccc(N=Nc2cc(OC)c(N=Nc3ccc([N+](=O)[O-])cc3)cc2OC)cc1. The number of hydrogen-bond acceptors (Lipinski definition) is 10. The van der Waals surface area contributed by atoms with E-state index in [0.29, 0.717) is 40.8 Å². The van der Waals surface area contributed by atoms with Crippen molar-refractivity contribution in [3.63, 3.8) is 0 Å². The average Bonchev–Trinajstić information content (AvgIpc) is 3.03. The molecule has 3 rings (SSSR count). The monoisotopic (exact) mass is 590 g/mol. The molecule has 230 valence electrons. The summed E-state index contributed by atoms with van der Waals surface area (Å²) >= 11 is 0. The van der Waals surface area contributed by atoms with Crippen molar-refractivity contribution in [1.29, 1.82) is 0 Å². The lowest BCUT2D eigenvalue weighted by atomic mass is 10.1. The third-order valence-electron chi connectivity index (χ3n) is 6.95. The topological polar surface area (TPSA) is 135 Å². The maximum absolute atomic E-state index is 10.9. The largest absolute Gasteiger partial charge is 0.494 e.